The number of carbonyl (C=O) groups excluding carboxylic acids is 1. The first-order valence-corrected chi connectivity index (χ1v) is 7.54. The van der Waals surface area contributed by atoms with E-state index in [1.54, 1.807) is 6.92 Å². The molecule has 4 nitrogen and oxygen atoms in total. The molecule has 1 aliphatic rings. The van der Waals surface area contributed by atoms with Gasteiger partial charge >= 0.3 is 5.97 Å². The van der Waals surface area contributed by atoms with Gasteiger partial charge in [0.25, 0.3) is 0 Å². The SMILES string of the molecule is CCOC(=O)C1(CC)OC1(C)c1ccc(OC(C)C)cc1. The van der Waals surface area contributed by atoms with Gasteiger partial charge in [0.1, 0.15) is 11.4 Å². The van der Waals surface area contributed by atoms with Crippen LogP contribution in [-0.4, -0.2) is 24.3 Å². The summed E-state index contributed by atoms with van der Waals surface area (Å²) in [5.74, 6) is 0.536. The maximum atomic E-state index is 12.2. The van der Waals surface area contributed by atoms with E-state index < -0.39 is 11.2 Å². The molecule has 1 aromatic carbocycles. The molecule has 0 spiro atoms. The summed E-state index contributed by atoms with van der Waals surface area (Å²) in [5, 5.41) is 0. The van der Waals surface area contributed by atoms with Crippen LogP contribution in [0.5, 0.6) is 5.75 Å². The molecule has 0 bridgehead atoms. The van der Waals surface area contributed by atoms with E-state index in [-0.39, 0.29) is 12.1 Å². The van der Waals surface area contributed by atoms with E-state index in [9.17, 15) is 4.79 Å². The molecule has 2 unspecified atom stereocenters. The summed E-state index contributed by atoms with van der Waals surface area (Å²) < 4.78 is 16.6. The van der Waals surface area contributed by atoms with Gasteiger partial charge < -0.3 is 14.2 Å². The van der Waals surface area contributed by atoms with Gasteiger partial charge in [-0.1, -0.05) is 19.1 Å². The molecule has 0 radical (unpaired) electrons. The van der Waals surface area contributed by atoms with Crippen LogP contribution in [0.15, 0.2) is 24.3 Å². The van der Waals surface area contributed by atoms with Gasteiger partial charge in [0.2, 0.25) is 0 Å². The van der Waals surface area contributed by atoms with E-state index in [4.69, 9.17) is 14.2 Å². The minimum absolute atomic E-state index is 0.137. The molecule has 1 aromatic rings. The largest absolute Gasteiger partial charge is 0.491 e. The fourth-order valence-corrected chi connectivity index (χ4v) is 2.78. The molecule has 2 rings (SSSR count). The van der Waals surface area contributed by atoms with Crippen LogP contribution in [0.1, 0.15) is 46.6 Å². The topological polar surface area (TPSA) is 48.1 Å². The summed E-state index contributed by atoms with van der Waals surface area (Å²) in [6.07, 6.45) is 0.727. The minimum atomic E-state index is -0.858. The molecule has 0 saturated carbocycles. The van der Waals surface area contributed by atoms with Crippen molar-refractivity contribution in [3.05, 3.63) is 29.8 Å². The Bertz CT molecular complexity index is 508. The standard InChI is InChI=1S/C17H24O4/c1-6-17(15(18)19-7-2)16(5,21-17)13-8-10-14(11-9-13)20-12(3)4/h8-12H,6-7H2,1-5H3. The van der Waals surface area contributed by atoms with Crippen molar-refractivity contribution in [1.29, 1.82) is 0 Å². The molecule has 1 fully saturated rings. The van der Waals surface area contributed by atoms with Gasteiger partial charge in [-0.3, -0.25) is 0 Å². The lowest BCUT2D eigenvalue weighted by Gasteiger charge is -2.15. The van der Waals surface area contributed by atoms with Crippen molar-refractivity contribution in [2.45, 2.75) is 58.3 Å². The fourth-order valence-electron chi connectivity index (χ4n) is 2.78. The van der Waals surface area contributed by atoms with Crippen molar-refractivity contribution in [2.24, 2.45) is 0 Å². The van der Waals surface area contributed by atoms with Crippen LogP contribution < -0.4 is 4.74 Å². The van der Waals surface area contributed by atoms with Gasteiger partial charge in [-0.2, -0.15) is 0 Å². The predicted molar refractivity (Wildman–Crippen MR) is 80.3 cm³/mol. The molecular formula is C17H24O4. The summed E-state index contributed by atoms with van der Waals surface area (Å²) >= 11 is 0. The van der Waals surface area contributed by atoms with Crippen LogP contribution in [0.4, 0.5) is 0 Å². The predicted octanol–water partition coefficient (Wildman–Crippen LogP) is 3.43. The maximum absolute atomic E-state index is 12.2. The van der Waals surface area contributed by atoms with Crippen molar-refractivity contribution in [1.82, 2.24) is 0 Å². The quantitative estimate of drug-likeness (QED) is 0.595. The lowest BCUT2D eigenvalue weighted by Crippen LogP contribution is -2.32. The van der Waals surface area contributed by atoms with Gasteiger partial charge in [-0.15, -0.1) is 0 Å². The van der Waals surface area contributed by atoms with Crippen LogP contribution in [0.25, 0.3) is 0 Å². The number of hydrogen-bond donors (Lipinski definition) is 0. The van der Waals surface area contributed by atoms with E-state index in [1.165, 1.54) is 0 Å². The molecule has 2 atom stereocenters. The highest BCUT2D eigenvalue weighted by Crippen LogP contribution is 2.58. The highest BCUT2D eigenvalue weighted by Gasteiger charge is 2.72. The molecule has 1 aliphatic heterocycles. The Morgan fingerprint density at radius 2 is 1.86 bits per heavy atom. The average molecular weight is 292 g/mol. The normalized spacial score (nSPS) is 27.5. The van der Waals surface area contributed by atoms with Gasteiger partial charge in [-0.05, 0) is 51.8 Å². The van der Waals surface area contributed by atoms with Crippen LogP contribution in [0, 0.1) is 0 Å². The summed E-state index contributed by atoms with van der Waals surface area (Å²) in [5.41, 5.74) is -0.512. The molecule has 116 valence electrons. The van der Waals surface area contributed by atoms with Gasteiger partial charge in [0.15, 0.2) is 5.60 Å². The van der Waals surface area contributed by atoms with E-state index >= 15 is 0 Å². The van der Waals surface area contributed by atoms with Crippen molar-refractivity contribution in [3.63, 3.8) is 0 Å². The number of benzene rings is 1. The zero-order valence-electron chi connectivity index (χ0n) is 13.4. The molecular weight excluding hydrogens is 268 g/mol. The lowest BCUT2D eigenvalue weighted by atomic mass is 9.86. The monoisotopic (exact) mass is 292 g/mol. The zero-order chi connectivity index (χ0) is 15.7. The number of carbonyl (C=O) groups is 1. The highest BCUT2D eigenvalue weighted by atomic mass is 16.7. The Morgan fingerprint density at radius 3 is 2.33 bits per heavy atom. The Hall–Kier alpha value is -1.55. The molecule has 0 amide bonds. The Balaban J connectivity index is 2.20. The van der Waals surface area contributed by atoms with Gasteiger partial charge in [-0.25, -0.2) is 4.79 Å². The number of rotatable bonds is 6. The number of esters is 1. The van der Waals surface area contributed by atoms with E-state index in [0.717, 1.165) is 11.3 Å². The van der Waals surface area contributed by atoms with E-state index in [2.05, 4.69) is 0 Å². The highest BCUT2D eigenvalue weighted by molar-refractivity contribution is 5.85. The Labute approximate surface area is 126 Å². The third kappa shape index (κ3) is 2.64. The molecule has 0 N–H and O–H groups in total. The fraction of sp³-hybridized carbons (Fsp3) is 0.588. The molecule has 0 aromatic heterocycles. The first-order chi connectivity index (χ1) is 9.89. The van der Waals surface area contributed by atoms with Gasteiger partial charge in [0.05, 0.1) is 12.7 Å². The Kier molecular flexibility index (Phi) is 4.28. The van der Waals surface area contributed by atoms with Crippen LogP contribution in [0.2, 0.25) is 0 Å². The molecule has 0 aliphatic carbocycles. The molecule has 4 heteroatoms. The number of ether oxygens (including phenoxy) is 3. The van der Waals surface area contributed by atoms with E-state index in [1.807, 2.05) is 52.0 Å². The smallest absolute Gasteiger partial charge is 0.341 e. The van der Waals surface area contributed by atoms with Crippen molar-refractivity contribution in [3.8, 4) is 5.75 Å². The van der Waals surface area contributed by atoms with Crippen molar-refractivity contribution >= 4 is 5.97 Å². The van der Waals surface area contributed by atoms with Gasteiger partial charge in [0, 0.05) is 0 Å². The number of hydrogen-bond acceptors (Lipinski definition) is 4. The maximum Gasteiger partial charge on any atom is 0.341 e. The second kappa shape index (κ2) is 5.68. The van der Waals surface area contributed by atoms with Crippen molar-refractivity contribution in [2.75, 3.05) is 6.61 Å². The number of epoxide rings is 1. The first kappa shape index (κ1) is 15.8. The summed E-state index contributed by atoms with van der Waals surface area (Å²) in [6, 6.07) is 7.73. The minimum Gasteiger partial charge on any atom is -0.491 e. The van der Waals surface area contributed by atoms with Crippen molar-refractivity contribution < 1.29 is 19.0 Å². The summed E-state index contributed by atoms with van der Waals surface area (Å²) in [7, 11) is 0. The Morgan fingerprint density at radius 1 is 1.24 bits per heavy atom. The molecule has 21 heavy (non-hydrogen) atoms. The van der Waals surface area contributed by atoms with Crippen LogP contribution in [-0.2, 0) is 19.9 Å². The lowest BCUT2D eigenvalue weighted by molar-refractivity contribution is -0.149. The van der Waals surface area contributed by atoms with Crippen LogP contribution >= 0.6 is 0 Å². The molecule has 1 heterocycles. The summed E-state index contributed by atoms with van der Waals surface area (Å²) in [4.78, 5) is 12.2. The van der Waals surface area contributed by atoms with Crippen LogP contribution in [0.3, 0.4) is 0 Å². The second-order valence-corrected chi connectivity index (χ2v) is 5.73. The third-order valence-electron chi connectivity index (χ3n) is 3.99. The first-order valence-electron chi connectivity index (χ1n) is 7.54. The third-order valence-corrected chi connectivity index (χ3v) is 3.99. The average Bonchev–Trinajstić information content (AvgIpc) is 3.07. The zero-order valence-corrected chi connectivity index (χ0v) is 13.4. The molecule has 1 saturated heterocycles. The summed E-state index contributed by atoms with van der Waals surface area (Å²) in [6.45, 7) is 10.0. The second-order valence-electron chi connectivity index (χ2n) is 5.73. The van der Waals surface area contributed by atoms with E-state index in [0.29, 0.717) is 13.0 Å².